The number of para-hydroxylation sites is 1. The zero-order valence-electron chi connectivity index (χ0n) is 13.9. The average Bonchev–Trinajstić information content (AvgIpc) is 2.96. The smallest absolute Gasteiger partial charge is 0.295 e. The van der Waals surface area contributed by atoms with Crippen molar-refractivity contribution in [1.29, 1.82) is 0 Å². The van der Waals surface area contributed by atoms with Gasteiger partial charge in [0.05, 0.1) is 5.56 Å². The van der Waals surface area contributed by atoms with Crippen LogP contribution in [-0.4, -0.2) is 27.7 Å². The number of ketones is 1. The number of Topliss-reactive ketones (excluding diaryl/α,β-unsaturated/α-hetero) is 1. The maximum atomic E-state index is 12.8. The van der Waals surface area contributed by atoms with Crippen LogP contribution in [0, 0.1) is 0 Å². The number of likely N-dealkylation sites (N-methyl/N-ethyl adjacent to an activating group) is 1. The minimum absolute atomic E-state index is 0.437. The van der Waals surface area contributed by atoms with Gasteiger partial charge in [0.25, 0.3) is 11.7 Å². The highest BCUT2D eigenvalue weighted by Gasteiger charge is 2.25. The van der Waals surface area contributed by atoms with E-state index in [0.717, 1.165) is 16.5 Å². The second kappa shape index (κ2) is 6.71. The first kappa shape index (κ1) is 16.0. The van der Waals surface area contributed by atoms with E-state index in [4.69, 9.17) is 0 Å². The highest BCUT2D eigenvalue weighted by molar-refractivity contribution is 6.44. The van der Waals surface area contributed by atoms with Gasteiger partial charge in [-0.25, -0.2) is 0 Å². The van der Waals surface area contributed by atoms with Crippen molar-refractivity contribution in [2.24, 2.45) is 7.05 Å². The van der Waals surface area contributed by atoms with Gasteiger partial charge in [0.1, 0.15) is 0 Å². The number of carbonyl (C=O) groups excluding carboxylic acids is 2. The van der Waals surface area contributed by atoms with E-state index in [0.29, 0.717) is 18.7 Å². The van der Waals surface area contributed by atoms with E-state index in [2.05, 4.69) is 0 Å². The van der Waals surface area contributed by atoms with Crippen molar-refractivity contribution >= 4 is 22.6 Å². The molecule has 122 valence electrons. The second-order valence-corrected chi connectivity index (χ2v) is 5.80. The first-order chi connectivity index (χ1) is 11.6. The number of hydrogen-bond acceptors (Lipinski definition) is 2. The first-order valence-electron chi connectivity index (χ1n) is 8.03. The van der Waals surface area contributed by atoms with Crippen molar-refractivity contribution in [1.82, 2.24) is 9.47 Å². The average molecular weight is 320 g/mol. The lowest BCUT2D eigenvalue weighted by Gasteiger charge is -2.20. The Kier molecular flexibility index (Phi) is 4.47. The van der Waals surface area contributed by atoms with Crippen LogP contribution in [0.4, 0.5) is 0 Å². The standard InChI is InChI=1S/C20H20N2O2/c1-3-22(13-15-9-5-4-6-10-15)20(24)19(23)17-14-21(2)18-12-8-7-11-16(17)18/h4-12,14H,3,13H2,1-2H3. The van der Waals surface area contributed by atoms with Gasteiger partial charge in [0, 0.05) is 37.2 Å². The molecule has 1 heterocycles. The summed E-state index contributed by atoms with van der Waals surface area (Å²) in [6.45, 7) is 2.81. The van der Waals surface area contributed by atoms with E-state index in [-0.39, 0.29) is 0 Å². The molecule has 4 nitrogen and oxygen atoms in total. The van der Waals surface area contributed by atoms with Crippen molar-refractivity contribution in [2.75, 3.05) is 6.54 Å². The van der Waals surface area contributed by atoms with Crippen LogP contribution >= 0.6 is 0 Å². The third kappa shape index (κ3) is 2.95. The lowest BCUT2D eigenvalue weighted by Crippen LogP contribution is -2.36. The fraction of sp³-hybridized carbons (Fsp3) is 0.200. The van der Waals surface area contributed by atoms with Crippen molar-refractivity contribution in [3.05, 3.63) is 71.9 Å². The summed E-state index contributed by atoms with van der Waals surface area (Å²) in [5.74, 6) is -0.915. The predicted octanol–water partition coefficient (Wildman–Crippen LogP) is 3.41. The number of aromatic nitrogens is 1. The molecular weight excluding hydrogens is 300 g/mol. The van der Waals surface area contributed by atoms with Crippen LogP contribution in [0.3, 0.4) is 0 Å². The Bertz CT molecular complexity index is 881. The summed E-state index contributed by atoms with van der Waals surface area (Å²) in [7, 11) is 1.88. The molecule has 3 rings (SSSR count). The molecule has 0 saturated heterocycles. The van der Waals surface area contributed by atoms with Crippen molar-refractivity contribution in [3.8, 4) is 0 Å². The minimum atomic E-state index is -0.460. The summed E-state index contributed by atoms with van der Waals surface area (Å²) in [6, 6.07) is 17.3. The fourth-order valence-electron chi connectivity index (χ4n) is 2.91. The van der Waals surface area contributed by atoms with Gasteiger partial charge in [-0.2, -0.15) is 0 Å². The Morgan fingerprint density at radius 1 is 1.00 bits per heavy atom. The molecule has 0 atom stereocenters. The summed E-state index contributed by atoms with van der Waals surface area (Å²) in [5, 5.41) is 0.814. The molecule has 0 unspecified atom stereocenters. The Balaban J connectivity index is 1.88. The van der Waals surface area contributed by atoms with Crippen LogP contribution in [-0.2, 0) is 18.4 Å². The molecular formula is C20H20N2O2. The molecule has 0 fully saturated rings. The summed E-state index contributed by atoms with van der Waals surface area (Å²) in [6.07, 6.45) is 1.74. The number of benzene rings is 2. The highest BCUT2D eigenvalue weighted by atomic mass is 16.2. The quantitative estimate of drug-likeness (QED) is 0.534. The maximum Gasteiger partial charge on any atom is 0.295 e. The number of nitrogens with zero attached hydrogens (tertiary/aromatic N) is 2. The Morgan fingerprint density at radius 2 is 1.67 bits per heavy atom. The van der Waals surface area contributed by atoms with Crippen LogP contribution in [0.5, 0.6) is 0 Å². The van der Waals surface area contributed by atoms with Crippen molar-refractivity contribution in [2.45, 2.75) is 13.5 Å². The number of amides is 1. The molecule has 0 radical (unpaired) electrons. The van der Waals surface area contributed by atoms with Gasteiger partial charge in [-0.05, 0) is 18.6 Å². The van der Waals surface area contributed by atoms with Gasteiger partial charge in [-0.1, -0.05) is 48.5 Å². The number of fused-ring (bicyclic) bond motifs is 1. The van der Waals surface area contributed by atoms with Crippen LogP contribution in [0.2, 0.25) is 0 Å². The molecule has 0 aliphatic heterocycles. The van der Waals surface area contributed by atoms with Gasteiger partial charge < -0.3 is 9.47 Å². The second-order valence-electron chi connectivity index (χ2n) is 5.80. The van der Waals surface area contributed by atoms with Gasteiger partial charge in [0.2, 0.25) is 0 Å². The van der Waals surface area contributed by atoms with Crippen LogP contribution in [0.15, 0.2) is 60.8 Å². The molecule has 0 aliphatic rings. The number of carbonyl (C=O) groups is 2. The highest BCUT2D eigenvalue weighted by Crippen LogP contribution is 2.21. The lowest BCUT2D eigenvalue weighted by atomic mass is 10.1. The monoisotopic (exact) mass is 320 g/mol. The molecule has 0 spiro atoms. The van der Waals surface area contributed by atoms with E-state index in [1.807, 2.05) is 73.1 Å². The van der Waals surface area contributed by atoms with Crippen LogP contribution in [0.1, 0.15) is 22.8 Å². The maximum absolute atomic E-state index is 12.8. The third-order valence-corrected chi connectivity index (χ3v) is 4.22. The van der Waals surface area contributed by atoms with E-state index in [9.17, 15) is 9.59 Å². The van der Waals surface area contributed by atoms with Crippen molar-refractivity contribution < 1.29 is 9.59 Å². The molecule has 2 aromatic carbocycles. The van der Waals surface area contributed by atoms with Gasteiger partial charge >= 0.3 is 0 Å². The van der Waals surface area contributed by atoms with Gasteiger partial charge in [0.15, 0.2) is 0 Å². The molecule has 0 bridgehead atoms. The van der Waals surface area contributed by atoms with Crippen LogP contribution < -0.4 is 0 Å². The SMILES string of the molecule is CCN(Cc1ccccc1)C(=O)C(=O)c1cn(C)c2ccccc12. The van der Waals surface area contributed by atoms with E-state index in [1.54, 1.807) is 11.1 Å². The molecule has 1 aromatic heterocycles. The molecule has 4 heteroatoms. The van der Waals surface area contributed by atoms with Gasteiger partial charge in [-0.3, -0.25) is 9.59 Å². The van der Waals surface area contributed by atoms with E-state index < -0.39 is 11.7 Å². The Morgan fingerprint density at radius 3 is 2.38 bits per heavy atom. The van der Waals surface area contributed by atoms with Crippen molar-refractivity contribution in [3.63, 3.8) is 0 Å². The van der Waals surface area contributed by atoms with E-state index >= 15 is 0 Å². The topological polar surface area (TPSA) is 42.3 Å². The summed E-state index contributed by atoms with van der Waals surface area (Å²) >= 11 is 0. The minimum Gasteiger partial charge on any atom is -0.350 e. The number of rotatable bonds is 5. The summed E-state index contributed by atoms with van der Waals surface area (Å²) in [4.78, 5) is 27.0. The molecule has 3 aromatic rings. The van der Waals surface area contributed by atoms with E-state index in [1.165, 1.54) is 0 Å². The zero-order valence-corrected chi connectivity index (χ0v) is 13.9. The summed E-state index contributed by atoms with van der Waals surface area (Å²) in [5.41, 5.74) is 2.42. The molecule has 0 N–H and O–H groups in total. The first-order valence-corrected chi connectivity index (χ1v) is 8.03. The number of hydrogen-bond donors (Lipinski definition) is 0. The normalized spacial score (nSPS) is 10.8. The molecule has 1 amide bonds. The fourth-order valence-corrected chi connectivity index (χ4v) is 2.91. The zero-order chi connectivity index (χ0) is 17.1. The Labute approximate surface area is 141 Å². The lowest BCUT2D eigenvalue weighted by molar-refractivity contribution is -0.126. The molecule has 0 aliphatic carbocycles. The largest absolute Gasteiger partial charge is 0.350 e. The predicted molar refractivity (Wildman–Crippen MR) is 94.8 cm³/mol. The number of aryl methyl sites for hydroxylation is 1. The van der Waals surface area contributed by atoms with Gasteiger partial charge in [-0.15, -0.1) is 0 Å². The molecule has 0 saturated carbocycles. The Hall–Kier alpha value is -2.88. The third-order valence-electron chi connectivity index (χ3n) is 4.22. The molecule has 24 heavy (non-hydrogen) atoms. The van der Waals surface area contributed by atoms with Crippen LogP contribution in [0.25, 0.3) is 10.9 Å². The summed E-state index contributed by atoms with van der Waals surface area (Å²) < 4.78 is 1.88.